The predicted octanol–water partition coefficient (Wildman–Crippen LogP) is 4.50. The fraction of sp³-hybridized carbons (Fsp3) is 0.286. The van der Waals surface area contributed by atoms with E-state index in [1.807, 2.05) is 0 Å². The fourth-order valence-electron chi connectivity index (χ4n) is 3.73. The highest BCUT2D eigenvalue weighted by Crippen LogP contribution is 2.36. The van der Waals surface area contributed by atoms with Crippen LogP contribution in [0.1, 0.15) is 29.7 Å². The van der Waals surface area contributed by atoms with Crippen molar-refractivity contribution in [3.05, 3.63) is 65.8 Å². The Balaban J connectivity index is 1.53. The van der Waals surface area contributed by atoms with Crippen molar-refractivity contribution in [2.75, 3.05) is 13.1 Å². The maximum Gasteiger partial charge on any atom is 0.573 e. The van der Waals surface area contributed by atoms with Crippen molar-refractivity contribution in [2.45, 2.75) is 24.6 Å². The maximum atomic E-state index is 13.5. The van der Waals surface area contributed by atoms with Gasteiger partial charge in [-0.15, -0.1) is 13.2 Å². The van der Waals surface area contributed by atoms with Crippen molar-refractivity contribution in [3.8, 4) is 17.1 Å². The second-order valence-electron chi connectivity index (χ2n) is 7.27. The fourth-order valence-corrected chi connectivity index (χ4v) is 3.73. The van der Waals surface area contributed by atoms with Crippen LogP contribution >= 0.6 is 0 Å². The van der Waals surface area contributed by atoms with Crippen LogP contribution in [-0.4, -0.2) is 40.9 Å². The summed E-state index contributed by atoms with van der Waals surface area (Å²) in [5, 5.41) is 3.91. The van der Waals surface area contributed by atoms with E-state index in [4.69, 9.17) is 4.52 Å². The van der Waals surface area contributed by atoms with E-state index >= 15 is 0 Å². The first-order chi connectivity index (χ1) is 14.8. The minimum Gasteiger partial charge on any atom is -0.406 e. The first-order valence-electron chi connectivity index (χ1n) is 9.45. The molecule has 3 aromatic rings. The maximum absolute atomic E-state index is 13.5. The molecular weight excluding hydrogens is 418 g/mol. The smallest absolute Gasteiger partial charge is 0.406 e. The molecule has 31 heavy (non-hydrogen) atoms. The van der Waals surface area contributed by atoms with E-state index in [-0.39, 0.29) is 23.4 Å². The van der Waals surface area contributed by atoms with Crippen molar-refractivity contribution >= 4 is 6.41 Å². The number of ether oxygens (including phenoxy) is 1. The Morgan fingerprint density at radius 1 is 1.10 bits per heavy atom. The molecule has 6 nitrogen and oxygen atoms in total. The largest absolute Gasteiger partial charge is 0.573 e. The van der Waals surface area contributed by atoms with Gasteiger partial charge in [-0.05, 0) is 36.2 Å². The molecule has 1 aliphatic rings. The average Bonchev–Trinajstić information content (AvgIpc) is 3.23. The number of piperidine rings is 1. The number of carbonyl (C=O) groups is 1. The number of nitrogens with zero attached hydrogens (tertiary/aromatic N) is 3. The van der Waals surface area contributed by atoms with Gasteiger partial charge in [-0.3, -0.25) is 4.79 Å². The van der Waals surface area contributed by atoms with Crippen molar-refractivity contribution in [1.29, 1.82) is 0 Å². The van der Waals surface area contributed by atoms with Crippen molar-refractivity contribution in [1.82, 2.24) is 15.0 Å². The molecule has 1 fully saturated rings. The zero-order chi connectivity index (χ0) is 22.0. The number of carbonyl (C=O) groups excluding carboxylic acids is 1. The van der Waals surface area contributed by atoms with Crippen LogP contribution in [-0.2, 0) is 4.79 Å². The van der Waals surface area contributed by atoms with Gasteiger partial charge in [0, 0.05) is 24.6 Å². The number of halogens is 4. The van der Waals surface area contributed by atoms with E-state index in [0.29, 0.717) is 37.4 Å². The molecule has 0 aliphatic carbocycles. The third-order valence-corrected chi connectivity index (χ3v) is 5.09. The molecule has 0 bridgehead atoms. The lowest BCUT2D eigenvalue weighted by molar-refractivity contribution is -0.274. The molecule has 162 valence electrons. The standard InChI is InChI=1S/C21H17F4N3O3/c22-17-3-1-2-14(9-17)19-26-20(31-27-19)16-8-15(10-28(11-16)12-29)13-4-6-18(7-5-13)30-21(23,24)25/h1-7,9,12,15-16H,8,10-11H2. The molecule has 0 N–H and O–H groups in total. The van der Waals surface area contributed by atoms with Crippen LogP contribution in [0.25, 0.3) is 11.4 Å². The van der Waals surface area contributed by atoms with Crippen LogP contribution in [0.5, 0.6) is 5.75 Å². The van der Waals surface area contributed by atoms with E-state index in [1.165, 1.54) is 30.3 Å². The average molecular weight is 435 g/mol. The Bertz CT molecular complexity index is 1050. The summed E-state index contributed by atoms with van der Waals surface area (Å²) < 4.78 is 59.9. The summed E-state index contributed by atoms with van der Waals surface area (Å²) in [5.74, 6) is -0.604. The van der Waals surface area contributed by atoms with Crippen LogP contribution in [0.3, 0.4) is 0 Å². The topological polar surface area (TPSA) is 68.5 Å². The first-order valence-corrected chi connectivity index (χ1v) is 9.45. The molecule has 0 radical (unpaired) electrons. The van der Waals surface area contributed by atoms with Crippen molar-refractivity contribution in [3.63, 3.8) is 0 Å². The van der Waals surface area contributed by atoms with Crippen LogP contribution in [0, 0.1) is 5.82 Å². The molecule has 2 heterocycles. The van der Waals surface area contributed by atoms with Gasteiger partial charge in [0.25, 0.3) is 0 Å². The molecule has 1 aromatic heterocycles. The highest BCUT2D eigenvalue weighted by atomic mass is 19.4. The van der Waals surface area contributed by atoms with E-state index in [1.54, 1.807) is 23.1 Å². The van der Waals surface area contributed by atoms with Gasteiger partial charge in [-0.2, -0.15) is 4.98 Å². The molecule has 10 heteroatoms. The minimum atomic E-state index is -4.76. The zero-order valence-corrected chi connectivity index (χ0v) is 16.1. The Hall–Kier alpha value is -3.43. The SMILES string of the molecule is O=CN1CC(c2ccc(OC(F)(F)F)cc2)CC(c2nc(-c3cccc(F)c3)no2)C1. The monoisotopic (exact) mass is 435 g/mol. The van der Waals surface area contributed by atoms with Gasteiger partial charge in [-0.25, -0.2) is 4.39 Å². The third kappa shape index (κ3) is 5.01. The van der Waals surface area contributed by atoms with Crippen LogP contribution < -0.4 is 4.74 Å². The lowest BCUT2D eigenvalue weighted by atomic mass is 9.84. The van der Waals surface area contributed by atoms with Gasteiger partial charge < -0.3 is 14.2 Å². The number of hydrogen-bond donors (Lipinski definition) is 0. The molecule has 0 saturated carbocycles. The van der Waals surface area contributed by atoms with Crippen molar-refractivity contribution < 1.29 is 31.6 Å². The summed E-state index contributed by atoms with van der Waals surface area (Å²) in [5.41, 5.74) is 1.23. The normalized spacial score (nSPS) is 19.3. The minimum absolute atomic E-state index is 0.145. The molecule has 1 aliphatic heterocycles. The number of likely N-dealkylation sites (tertiary alicyclic amines) is 1. The Kier molecular flexibility index (Phi) is 5.62. The molecular formula is C21H17F4N3O3. The summed E-state index contributed by atoms with van der Waals surface area (Å²) in [6, 6.07) is 11.4. The molecule has 1 amide bonds. The Morgan fingerprint density at radius 2 is 1.84 bits per heavy atom. The number of benzene rings is 2. The zero-order valence-electron chi connectivity index (χ0n) is 16.1. The second kappa shape index (κ2) is 8.37. The van der Waals surface area contributed by atoms with E-state index < -0.39 is 12.2 Å². The lowest BCUT2D eigenvalue weighted by Crippen LogP contribution is -2.37. The molecule has 2 atom stereocenters. The van der Waals surface area contributed by atoms with E-state index in [0.717, 1.165) is 5.56 Å². The van der Waals surface area contributed by atoms with Gasteiger partial charge in [0.2, 0.25) is 18.1 Å². The number of hydrogen-bond acceptors (Lipinski definition) is 5. The molecule has 2 aromatic carbocycles. The Labute approximate surface area is 174 Å². The van der Waals surface area contributed by atoms with Crippen molar-refractivity contribution in [2.24, 2.45) is 0 Å². The molecule has 2 unspecified atom stereocenters. The predicted molar refractivity (Wildman–Crippen MR) is 101 cm³/mol. The van der Waals surface area contributed by atoms with Crippen LogP contribution in [0.2, 0.25) is 0 Å². The number of aromatic nitrogens is 2. The highest BCUT2D eigenvalue weighted by molar-refractivity contribution is 5.54. The van der Waals surface area contributed by atoms with E-state index in [9.17, 15) is 22.4 Å². The highest BCUT2D eigenvalue weighted by Gasteiger charge is 2.33. The van der Waals surface area contributed by atoms with Gasteiger partial charge >= 0.3 is 6.36 Å². The molecule has 1 saturated heterocycles. The molecule has 4 rings (SSSR count). The van der Waals surface area contributed by atoms with Gasteiger partial charge in [0.15, 0.2) is 0 Å². The van der Waals surface area contributed by atoms with Gasteiger partial charge in [0.05, 0.1) is 5.92 Å². The third-order valence-electron chi connectivity index (χ3n) is 5.09. The van der Waals surface area contributed by atoms with Crippen LogP contribution in [0.15, 0.2) is 53.1 Å². The van der Waals surface area contributed by atoms with Crippen LogP contribution in [0.4, 0.5) is 17.6 Å². The number of rotatable bonds is 5. The van der Waals surface area contributed by atoms with Gasteiger partial charge in [-0.1, -0.05) is 29.4 Å². The van der Waals surface area contributed by atoms with E-state index in [2.05, 4.69) is 14.9 Å². The first kappa shape index (κ1) is 20.8. The lowest BCUT2D eigenvalue weighted by Gasteiger charge is -2.34. The quantitative estimate of drug-likeness (QED) is 0.436. The second-order valence-corrected chi connectivity index (χ2v) is 7.27. The summed E-state index contributed by atoms with van der Waals surface area (Å²) in [7, 11) is 0. The summed E-state index contributed by atoms with van der Waals surface area (Å²) >= 11 is 0. The number of amides is 1. The van der Waals surface area contributed by atoms with Gasteiger partial charge in [0.1, 0.15) is 11.6 Å². The molecule has 0 spiro atoms. The number of alkyl halides is 3. The summed E-state index contributed by atoms with van der Waals surface area (Å²) in [6.07, 6.45) is -3.50. The summed E-state index contributed by atoms with van der Waals surface area (Å²) in [4.78, 5) is 17.4. The Morgan fingerprint density at radius 3 is 2.52 bits per heavy atom. The summed E-state index contributed by atoms with van der Waals surface area (Å²) in [6.45, 7) is 0.768.